The zero-order chi connectivity index (χ0) is 13.4. The van der Waals surface area contributed by atoms with Crippen LogP contribution in [-0.4, -0.2) is 67.2 Å². The van der Waals surface area contributed by atoms with Gasteiger partial charge in [0.05, 0.1) is 13.2 Å². The van der Waals surface area contributed by atoms with Gasteiger partial charge in [0.1, 0.15) is 12.6 Å². The van der Waals surface area contributed by atoms with Crippen molar-refractivity contribution in [2.75, 3.05) is 44.4 Å². The van der Waals surface area contributed by atoms with Crippen molar-refractivity contribution in [3.05, 3.63) is 0 Å². The molecule has 104 valence electrons. The van der Waals surface area contributed by atoms with Gasteiger partial charge < -0.3 is 20.1 Å². The van der Waals surface area contributed by atoms with Crippen LogP contribution < -0.4 is 5.73 Å². The second-order valence-electron chi connectivity index (χ2n) is 3.77. The Morgan fingerprint density at radius 1 is 1.50 bits per heavy atom. The maximum Gasteiger partial charge on any atom is 0.329 e. The van der Waals surface area contributed by atoms with E-state index in [1.165, 1.54) is 0 Å². The van der Waals surface area contributed by atoms with Gasteiger partial charge in [0, 0.05) is 24.6 Å². The van der Waals surface area contributed by atoms with E-state index in [-0.39, 0.29) is 18.5 Å². The molecule has 1 atom stereocenters. The lowest BCUT2D eigenvalue weighted by molar-refractivity contribution is -0.155. The van der Waals surface area contributed by atoms with Gasteiger partial charge in [-0.05, 0) is 6.92 Å². The maximum absolute atomic E-state index is 11.9. The molecular formula is C11H20N2O4S. The van der Waals surface area contributed by atoms with Crippen molar-refractivity contribution in [1.82, 2.24) is 4.90 Å². The van der Waals surface area contributed by atoms with Gasteiger partial charge in [-0.2, -0.15) is 11.8 Å². The molecule has 0 aromatic heterocycles. The zero-order valence-electron chi connectivity index (χ0n) is 10.6. The molecule has 6 nitrogen and oxygen atoms in total. The highest BCUT2D eigenvalue weighted by Crippen LogP contribution is 2.17. The van der Waals surface area contributed by atoms with Gasteiger partial charge >= 0.3 is 5.97 Å². The van der Waals surface area contributed by atoms with Crippen LogP contribution in [0.2, 0.25) is 0 Å². The van der Waals surface area contributed by atoms with Gasteiger partial charge in [-0.3, -0.25) is 4.79 Å². The van der Waals surface area contributed by atoms with Crippen molar-refractivity contribution in [1.29, 1.82) is 0 Å². The maximum atomic E-state index is 11.9. The topological polar surface area (TPSA) is 81.9 Å². The van der Waals surface area contributed by atoms with Crippen LogP contribution in [0, 0.1) is 0 Å². The van der Waals surface area contributed by atoms with Crippen LogP contribution in [0.25, 0.3) is 0 Å². The first-order valence-corrected chi connectivity index (χ1v) is 7.17. The lowest BCUT2D eigenvalue weighted by Gasteiger charge is -2.33. The summed E-state index contributed by atoms with van der Waals surface area (Å²) in [4.78, 5) is 25.2. The molecule has 1 fully saturated rings. The number of amides is 1. The predicted octanol–water partition coefficient (Wildman–Crippen LogP) is -0.531. The number of hydrogen-bond acceptors (Lipinski definition) is 6. The summed E-state index contributed by atoms with van der Waals surface area (Å²) in [6.07, 6.45) is 0. The molecule has 1 heterocycles. The first-order valence-electron chi connectivity index (χ1n) is 6.02. The summed E-state index contributed by atoms with van der Waals surface area (Å²) < 4.78 is 10.1. The van der Waals surface area contributed by atoms with Crippen molar-refractivity contribution in [3.8, 4) is 0 Å². The second kappa shape index (κ2) is 8.34. The molecule has 0 aromatic carbocycles. The summed E-state index contributed by atoms with van der Waals surface area (Å²) in [6, 6.07) is -0.488. The molecule has 0 aliphatic carbocycles. The summed E-state index contributed by atoms with van der Waals surface area (Å²) in [7, 11) is 0. The van der Waals surface area contributed by atoms with Gasteiger partial charge in [-0.25, -0.2) is 4.79 Å². The number of ether oxygens (including phenoxy) is 2. The van der Waals surface area contributed by atoms with Crippen LogP contribution in [0.1, 0.15) is 6.92 Å². The molecule has 1 aliphatic rings. The van der Waals surface area contributed by atoms with E-state index in [1.807, 2.05) is 0 Å². The van der Waals surface area contributed by atoms with Gasteiger partial charge in [-0.1, -0.05) is 0 Å². The summed E-state index contributed by atoms with van der Waals surface area (Å²) >= 11 is 1.65. The van der Waals surface area contributed by atoms with E-state index in [0.29, 0.717) is 32.1 Å². The van der Waals surface area contributed by atoms with E-state index in [0.717, 1.165) is 5.75 Å². The highest BCUT2D eigenvalue weighted by molar-refractivity contribution is 7.99. The summed E-state index contributed by atoms with van der Waals surface area (Å²) in [5, 5.41) is 0. The fourth-order valence-electron chi connectivity index (χ4n) is 1.66. The van der Waals surface area contributed by atoms with Crippen LogP contribution >= 0.6 is 11.8 Å². The molecule has 1 unspecified atom stereocenters. The van der Waals surface area contributed by atoms with Gasteiger partial charge in [0.15, 0.2) is 0 Å². The third kappa shape index (κ3) is 4.47. The Bertz CT molecular complexity index is 288. The van der Waals surface area contributed by atoms with E-state index in [9.17, 15) is 9.59 Å². The average Bonchev–Trinajstić information content (AvgIpc) is 2.39. The normalized spacial score (nSPS) is 19.7. The Hall–Kier alpha value is -0.790. The Morgan fingerprint density at radius 2 is 2.28 bits per heavy atom. The van der Waals surface area contributed by atoms with Crippen LogP contribution in [0.15, 0.2) is 0 Å². The van der Waals surface area contributed by atoms with Gasteiger partial charge in [0.2, 0.25) is 5.91 Å². The first-order chi connectivity index (χ1) is 8.70. The molecule has 0 bridgehead atoms. The number of carbonyl (C=O) groups is 2. The lowest BCUT2D eigenvalue weighted by Crippen LogP contribution is -2.52. The molecule has 1 amide bonds. The van der Waals surface area contributed by atoms with E-state index in [1.54, 1.807) is 23.6 Å². The number of hydrogen-bond donors (Lipinski definition) is 1. The molecule has 0 aromatic rings. The zero-order valence-corrected chi connectivity index (χ0v) is 11.4. The SMILES string of the molecule is CCOC(=O)C1CSCCN1C(=O)COCCN. The van der Waals surface area contributed by atoms with Crippen molar-refractivity contribution in [3.63, 3.8) is 0 Å². The standard InChI is InChI=1S/C11H20N2O4S/c1-2-17-11(15)9-8-18-6-4-13(9)10(14)7-16-5-3-12/h9H,2-8,12H2,1H3. The van der Waals surface area contributed by atoms with Gasteiger partial charge in [-0.15, -0.1) is 0 Å². The highest BCUT2D eigenvalue weighted by atomic mass is 32.2. The molecule has 2 N–H and O–H groups in total. The van der Waals surface area contributed by atoms with E-state index < -0.39 is 6.04 Å². The third-order valence-corrected chi connectivity index (χ3v) is 3.52. The van der Waals surface area contributed by atoms with Crippen LogP contribution in [0.3, 0.4) is 0 Å². The molecule has 7 heteroatoms. The molecule has 1 rings (SSSR count). The number of nitrogens with zero attached hydrogens (tertiary/aromatic N) is 1. The van der Waals surface area contributed by atoms with Crippen molar-refractivity contribution in [2.45, 2.75) is 13.0 Å². The number of carbonyl (C=O) groups excluding carboxylic acids is 2. The summed E-state index contributed by atoms with van der Waals surface area (Å²) in [6.45, 7) is 3.33. The minimum Gasteiger partial charge on any atom is -0.464 e. The Morgan fingerprint density at radius 3 is 2.94 bits per heavy atom. The van der Waals surface area contributed by atoms with Crippen LogP contribution in [-0.2, 0) is 19.1 Å². The molecule has 0 saturated carbocycles. The third-order valence-electron chi connectivity index (χ3n) is 2.50. The first kappa shape index (κ1) is 15.3. The van der Waals surface area contributed by atoms with Gasteiger partial charge in [0.25, 0.3) is 0 Å². The molecule has 1 aliphatic heterocycles. The summed E-state index contributed by atoms with van der Waals surface area (Å²) in [5.74, 6) is 0.902. The smallest absolute Gasteiger partial charge is 0.329 e. The lowest BCUT2D eigenvalue weighted by atomic mass is 10.2. The van der Waals surface area contributed by atoms with Crippen molar-refractivity contribution in [2.24, 2.45) is 5.73 Å². The second-order valence-corrected chi connectivity index (χ2v) is 4.92. The van der Waals surface area contributed by atoms with Crippen LogP contribution in [0.4, 0.5) is 0 Å². The molecule has 0 spiro atoms. The predicted molar refractivity (Wildman–Crippen MR) is 69.3 cm³/mol. The number of nitrogens with two attached hydrogens (primary N) is 1. The molecule has 1 saturated heterocycles. The average molecular weight is 276 g/mol. The highest BCUT2D eigenvalue weighted by Gasteiger charge is 2.33. The monoisotopic (exact) mass is 276 g/mol. The van der Waals surface area contributed by atoms with Crippen LogP contribution in [0.5, 0.6) is 0 Å². The quantitative estimate of drug-likeness (QED) is 0.519. The Balaban J connectivity index is 2.52. The minimum atomic E-state index is -0.488. The minimum absolute atomic E-state index is 0.0300. The fourth-order valence-corrected chi connectivity index (χ4v) is 2.69. The van der Waals surface area contributed by atoms with E-state index >= 15 is 0 Å². The van der Waals surface area contributed by atoms with Crippen molar-refractivity contribution < 1.29 is 19.1 Å². The number of esters is 1. The number of rotatable bonds is 6. The largest absolute Gasteiger partial charge is 0.464 e. The molecular weight excluding hydrogens is 256 g/mol. The molecule has 18 heavy (non-hydrogen) atoms. The molecule has 0 radical (unpaired) electrons. The fraction of sp³-hybridized carbons (Fsp3) is 0.818. The summed E-state index contributed by atoms with van der Waals surface area (Å²) in [5.41, 5.74) is 5.28. The van der Waals surface area contributed by atoms with E-state index in [2.05, 4.69) is 0 Å². The Kier molecular flexibility index (Phi) is 7.07. The van der Waals surface area contributed by atoms with Crippen molar-refractivity contribution >= 4 is 23.6 Å². The van der Waals surface area contributed by atoms with E-state index in [4.69, 9.17) is 15.2 Å². The number of thioether (sulfide) groups is 1. The Labute approximate surface area is 111 Å².